The predicted octanol–water partition coefficient (Wildman–Crippen LogP) is 3.70. The van der Waals surface area contributed by atoms with Crippen LogP contribution in [0, 0.1) is 3.57 Å². The highest BCUT2D eigenvalue weighted by atomic mass is 127. The third-order valence-corrected chi connectivity index (χ3v) is 3.69. The van der Waals surface area contributed by atoms with Crippen molar-refractivity contribution in [1.29, 1.82) is 0 Å². The standard InChI is InChI=1S/C10H5BrF3IO2/c11-3-8(17)7-2-6(10(12,13)14)1-5(4-16)9(7)15/h1-2,4H,3H2. The van der Waals surface area contributed by atoms with E-state index in [1.54, 1.807) is 22.6 Å². The third kappa shape index (κ3) is 3.27. The molecule has 2 nitrogen and oxygen atoms in total. The fourth-order valence-corrected chi connectivity index (χ4v) is 2.21. The summed E-state index contributed by atoms with van der Waals surface area (Å²) in [5.41, 5.74) is -1.23. The summed E-state index contributed by atoms with van der Waals surface area (Å²) in [6.07, 6.45) is -4.27. The van der Waals surface area contributed by atoms with E-state index < -0.39 is 17.5 Å². The monoisotopic (exact) mass is 420 g/mol. The Bertz CT molecular complexity index is 471. The molecule has 0 aliphatic rings. The van der Waals surface area contributed by atoms with Gasteiger partial charge < -0.3 is 0 Å². The van der Waals surface area contributed by atoms with Crippen LogP contribution in [0.1, 0.15) is 26.3 Å². The van der Waals surface area contributed by atoms with Crippen molar-refractivity contribution in [2.45, 2.75) is 6.18 Å². The van der Waals surface area contributed by atoms with E-state index >= 15 is 0 Å². The van der Waals surface area contributed by atoms with E-state index in [9.17, 15) is 22.8 Å². The molecule has 0 heterocycles. The van der Waals surface area contributed by atoms with Crippen molar-refractivity contribution < 1.29 is 22.8 Å². The van der Waals surface area contributed by atoms with Crippen LogP contribution in [0.5, 0.6) is 0 Å². The molecule has 0 saturated heterocycles. The smallest absolute Gasteiger partial charge is 0.298 e. The quantitative estimate of drug-likeness (QED) is 0.323. The summed E-state index contributed by atoms with van der Waals surface area (Å²) in [6, 6.07) is 1.50. The lowest BCUT2D eigenvalue weighted by atomic mass is 10.0. The van der Waals surface area contributed by atoms with Crippen molar-refractivity contribution in [2.24, 2.45) is 0 Å². The number of carbonyl (C=O) groups excluding carboxylic acids is 2. The lowest BCUT2D eigenvalue weighted by Crippen LogP contribution is -2.12. The summed E-state index contributed by atoms with van der Waals surface area (Å²) in [7, 11) is 0. The molecule has 0 bridgehead atoms. The van der Waals surface area contributed by atoms with Crippen molar-refractivity contribution in [3.05, 3.63) is 32.4 Å². The zero-order valence-corrected chi connectivity index (χ0v) is 11.9. The van der Waals surface area contributed by atoms with Crippen LogP contribution in [-0.4, -0.2) is 17.4 Å². The number of benzene rings is 1. The van der Waals surface area contributed by atoms with Gasteiger partial charge in [0, 0.05) is 14.7 Å². The summed E-state index contributed by atoms with van der Waals surface area (Å²) >= 11 is 4.57. The molecule has 0 spiro atoms. The fraction of sp³-hybridized carbons (Fsp3) is 0.200. The van der Waals surface area contributed by atoms with Crippen LogP contribution in [0.25, 0.3) is 0 Å². The van der Waals surface area contributed by atoms with Gasteiger partial charge in [0.05, 0.1) is 10.9 Å². The van der Waals surface area contributed by atoms with Crippen LogP contribution < -0.4 is 0 Å². The van der Waals surface area contributed by atoms with E-state index in [4.69, 9.17) is 0 Å². The van der Waals surface area contributed by atoms with E-state index in [1.165, 1.54) is 0 Å². The highest BCUT2D eigenvalue weighted by Crippen LogP contribution is 2.32. The predicted molar refractivity (Wildman–Crippen MR) is 67.7 cm³/mol. The van der Waals surface area contributed by atoms with Gasteiger partial charge in [0.15, 0.2) is 12.1 Å². The summed E-state index contributed by atoms with van der Waals surface area (Å²) < 4.78 is 37.9. The van der Waals surface area contributed by atoms with E-state index in [2.05, 4.69) is 15.9 Å². The van der Waals surface area contributed by atoms with Gasteiger partial charge in [-0.05, 0) is 34.7 Å². The van der Waals surface area contributed by atoms with Crippen molar-refractivity contribution in [1.82, 2.24) is 0 Å². The van der Waals surface area contributed by atoms with E-state index in [1.807, 2.05) is 0 Å². The maximum Gasteiger partial charge on any atom is 0.416 e. The molecular weight excluding hydrogens is 416 g/mol. The van der Waals surface area contributed by atoms with Crippen molar-refractivity contribution in [2.75, 3.05) is 5.33 Å². The molecule has 92 valence electrons. The first-order valence-electron chi connectivity index (χ1n) is 4.26. The Balaban J connectivity index is 3.49. The molecule has 17 heavy (non-hydrogen) atoms. The summed E-state index contributed by atoms with van der Waals surface area (Å²) in [6.45, 7) is 0. The first kappa shape index (κ1) is 14.6. The molecule has 0 saturated carbocycles. The average Bonchev–Trinajstić information content (AvgIpc) is 2.26. The molecule has 7 heteroatoms. The van der Waals surface area contributed by atoms with Gasteiger partial charge in [-0.3, -0.25) is 9.59 Å². The van der Waals surface area contributed by atoms with Gasteiger partial charge in [-0.2, -0.15) is 13.2 Å². The van der Waals surface area contributed by atoms with Crippen LogP contribution in [0.2, 0.25) is 0 Å². The molecular formula is C10H5BrF3IO2. The zero-order chi connectivity index (χ0) is 13.2. The van der Waals surface area contributed by atoms with Gasteiger partial charge in [0.2, 0.25) is 0 Å². The number of aldehydes is 1. The first-order valence-corrected chi connectivity index (χ1v) is 6.46. The lowest BCUT2D eigenvalue weighted by molar-refractivity contribution is -0.137. The molecule has 0 aromatic heterocycles. The highest BCUT2D eigenvalue weighted by Gasteiger charge is 2.32. The van der Waals surface area contributed by atoms with Crippen LogP contribution >= 0.6 is 38.5 Å². The van der Waals surface area contributed by atoms with Gasteiger partial charge in [-0.15, -0.1) is 0 Å². The maximum atomic E-state index is 12.5. The second-order valence-corrected chi connectivity index (χ2v) is 4.74. The zero-order valence-electron chi connectivity index (χ0n) is 8.15. The van der Waals surface area contributed by atoms with Gasteiger partial charge in [-0.1, -0.05) is 15.9 Å². The van der Waals surface area contributed by atoms with E-state index in [0.29, 0.717) is 6.29 Å². The number of carbonyl (C=O) groups is 2. The first-order chi connectivity index (χ1) is 7.81. The van der Waals surface area contributed by atoms with Gasteiger partial charge in [-0.25, -0.2) is 0 Å². The Labute approximate surface area is 117 Å². The van der Waals surface area contributed by atoms with Crippen molar-refractivity contribution >= 4 is 50.6 Å². The minimum Gasteiger partial charge on any atom is -0.298 e. The van der Waals surface area contributed by atoms with Gasteiger partial charge in [0.1, 0.15) is 0 Å². The Morgan fingerprint density at radius 1 is 1.41 bits per heavy atom. The van der Waals surface area contributed by atoms with Crippen molar-refractivity contribution in [3.63, 3.8) is 0 Å². The van der Waals surface area contributed by atoms with E-state index in [-0.39, 0.29) is 20.0 Å². The molecule has 0 aliphatic carbocycles. The summed E-state index contributed by atoms with van der Waals surface area (Å²) in [5.74, 6) is -0.497. The Hall–Kier alpha value is -0.440. The number of ketones is 1. The minimum absolute atomic E-state index is 0.0946. The molecule has 1 rings (SSSR count). The fourth-order valence-electron chi connectivity index (χ4n) is 1.17. The molecule has 0 aliphatic heterocycles. The number of hydrogen-bond donors (Lipinski definition) is 0. The molecule has 0 unspecified atom stereocenters. The lowest BCUT2D eigenvalue weighted by Gasteiger charge is -2.11. The highest BCUT2D eigenvalue weighted by molar-refractivity contribution is 14.1. The number of halogens is 5. The Kier molecular flexibility index (Phi) is 4.70. The average molecular weight is 421 g/mol. The molecule has 0 N–H and O–H groups in total. The number of hydrogen-bond acceptors (Lipinski definition) is 2. The third-order valence-electron chi connectivity index (χ3n) is 1.98. The van der Waals surface area contributed by atoms with Crippen LogP contribution in [-0.2, 0) is 6.18 Å². The second kappa shape index (κ2) is 5.47. The van der Waals surface area contributed by atoms with E-state index in [0.717, 1.165) is 12.1 Å². The molecule has 0 radical (unpaired) electrons. The van der Waals surface area contributed by atoms with Crippen LogP contribution in [0.15, 0.2) is 12.1 Å². The van der Waals surface area contributed by atoms with Crippen LogP contribution in [0.3, 0.4) is 0 Å². The number of rotatable bonds is 3. The molecule has 0 amide bonds. The normalized spacial score (nSPS) is 11.4. The second-order valence-electron chi connectivity index (χ2n) is 3.10. The Morgan fingerprint density at radius 3 is 2.41 bits per heavy atom. The number of alkyl halides is 4. The van der Waals surface area contributed by atoms with Crippen molar-refractivity contribution in [3.8, 4) is 0 Å². The maximum absolute atomic E-state index is 12.5. The summed E-state index contributed by atoms with van der Waals surface area (Å²) in [5, 5.41) is -0.0946. The Morgan fingerprint density at radius 2 is 2.00 bits per heavy atom. The largest absolute Gasteiger partial charge is 0.416 e. The number of Topliss-reactive ketones (excluding diaryl/α,β-unsaturated/α-hetero) is 1. The summed E-state index contributed by atoms with van der Waals surface area (Å²) in [4.78, 5) is 22.1. The molecule has 0 atom stereocenters. The van der Waals surface area contributed by atoms with Crippen LogP contribution in [0.4, 0.5) is 13.2 Å². The van der Waals surface area contributed by atoms with Gasteiger partial charge in [0.25, 0.3) is 0 Å². The van der Waals surface area contributed by atoms with Gasteiger partial charge >= 0.3 is 6.18 Å². The SMILES string of the molecule is O=Cc1cc(C(F)(F)F)cc(C(=O)CBr)c1I. The molecule has 0 fully saturated rings. The topological polar surface area (TPSA) is 34.1 Å². The molecule has 1 aromatic rings. The minimum atomic E-state index is -4.58. The molecule has 1 aromatic carbocycles.